The Bertz CT molecular complexity index is 1050. The minimum absolute atomic E-state index is 0.0340. The van der Waals surface area contributed by atoms with Crippen LogP contribution >= 0.6 is 23.1 Å². The molecular weight excluding hydrogens is 364 g/mol. The molecule has 3 aromatic rings. The largest absolute Gasteiger partial charge is 0.370 e. The van der Waals surface area contributed by atoms with Crippen LogP contribution < -0.4 is 5.56 Å². The molecular formula is C20H22N2O2S2. The van der Waals surface area contributed by atoms with E-state index in [9.17, 15) is 4.79 Å². The molecule has 1 aromatic carbocycles. The van der Waals surface area contributed by atoms with Gasteiger partial charge in [0.2, 0.25) is 0 Å². The van der Waals surface area contributed by atoms with Crippen molar-refractivity contribution < 1.29 is 4.74 Å². The Morgan fingerprint density at radius 3 is 2.92 bits per heavy atom. The third kappa shape index (κ3) is 3.00. The Hall–Kier alpha value is -1.63. The van der Waals surface area contributed by atoms with Crippen molar-refractivity contribution in [3.05, 3.63) is 50.6 Å². The molecule has 0 atom stereocenters. The maximum absolute atomic E-state index is 13.6. The lowest BCUT2D eigenvalue weighted by Gasteiger charge is -2.29. The summed E-state index contributed by atoms with van der Waals surface area (Å²) in [4.78, 5) is 20.4. The molecule has 0 unspecified atom stereocenters. The summed E-state index contributed by atoms with van der Waals surface area (Å²) in [5.41, 5.74) is 2.91. The van der Waals surface area contributed by atoms with Gasteiger partial charge in [0, 0.05) is 11.3 Å². The minimum Gasteiger partial charge on any atom is -0.370 e. The van der Waals surface area contributed by atoms with Crippen molar-refractivity contribution in [3.8, 4) is 5.69 Å². The predicted molar refractivity (Wildman–Crippen MR) is 109 cm³/mol. The lowest BCUT2D eigenvalue weighted by Crippen LogP contribution is -2.32. The Labute approximate surface area is 161 Å². The lowest BCUT2D eigenvalue weighted by molar-refractivity contribution is -0.0379. The van der Waals surface area contributed by atoms with Crippen LogP contribution in [0.4, 0.5) is 0 Å². The zero-order chi connectivity index (χ0) is 18.5. The van der Waals surface area contributed by atoms with E-state index in [0.29, 0.717) is 6.61 Å². The van der Waals surface area contributed by atoms with Gasteiger partial charge in [0.15, 0.2) is 5.16 Å². The van der Waals surface area contributed by atoms with Gasteiger partial charge in [0.05, 0.1) is 23.3 Å². The first-order valence-corrected chi connectivity index (χ1v) is 10.6. The molecule has 26 heavy (non-hydrogen) atoms. The molecule has 0 spiro atoms. The molecule has 1 aliphatic rings. The fraction of sp³-hybridized carbons (Fsp3) is 0.400. The van der Waals surface area contributed by atoms with Crippen molar-refractivity contribution in [2.24, 2.45) is 0 Å². The van der Waals surface area contributed by atoms with Crippen molar-refractivity contribution in [1.82, 2.24) is 9.55 Å². The van der Waals surface area contributed by atoms with Gasteiger partial charge in [-0.05, 0) is 49.8 Å². The zero-order valence-electron chi connectivity index (χ0n) is 15.5. The molecule has 6 heteroatoms. The molecule has 0 fully saturated rings. The normalized spacial score (nSPS) is 16.0. The van der Waals surface area contributed by atoms with Crippen LogP contribution in [0, 0.1) is 6.92 Å². The van der Waals surface area contributed by atoms with Crippen LogP contribution in [0.25, 0.3) is 15.9 Å². The van der Waals surface area contributed by atoms with E-state index in [0.717, 1.165) is 49.2 Å². The topological polar surface area (TPSA) is 44.1 Å². The number of aryl methyl sites for hydroxylation is 1. The molecule has 2 aromatic heterocycles. The fourth-order valence-corrected chi connectivity index (χ4v) is 5.28. The Morgan fingerprint density at radius 2 is 2.19 bits per heavy atom. The summed E-state index contributed by atoms with van der Waals surface area (Å²) in [5, 5.41) is 1.53. The van der Waals surface area contributed by atoms with Gasteiger partial charge in [0.25, 0.3) is 5.56 Å². The fourth-order valence-electron chi connectivity index (χ4n) is 3.39. The van der Waals surface area contributed by atoms with Crippen molar-refractivity contribution >= 4 is 33.3 Å². The molecule has 3 heterocycles. The zero-order valence-corrected chi connectivity index (χ0v) is 17.1. The molecule has 4 rings (SSSR count). The average molecular weight is 387 g/mol. The van der Waals surface area contributed by atoms with Crippen molar-refractivity contribution in [2.45, 2.75) is 51.5 Å². The number of hydrogen-bond acceptors (Lipinski definition) is 5. The highest BCUT2D eigenvalue weighted by Crippen LogP contribution is 2.37. The Kier molecular flexibility index (Phi) is 4.45. The summed E-state index contributed by atoms with van der Waals surface area (Å²) in [5.74, 6) is 0.866. The third-order valence-electron chi connectivity index (χ3n) is 4.61. The van der Waals surface area contributed by atoms with E-state index in [1.54, 1.807) is 27.7 Å². The van der Waals surface area contributed by atoms with Crippen LogP contribution in [0.1, 0.15) is 36.8 Å². The molecule has 0 bridgehead atoms. The number of aromatic nitrogens is 2. The molecule has 0 saturated carbocycles. The van der Waals surface area contributed by atoms with E-state index < -0.39 is 0 Å². The summed E-state index contributed by atoms with van der Waals surface area (Å²) >= 11 is 3.20. The standard InChI is InChI=1S/C20H22N2O2S2/c1-5-25-19-21-17-16(14-10-20(3,4)24-11-15(14)26-17)18(23)22(19)13-8-6-7-12(2)9-13/h6-9H,5,10-11H2,1-4H3. The van der Waals surface area contributed by atoms with Gasteiger partial charge in [-0.15, -0.1) is 11.3 Å². The van der Waals surface area contributed by atoms with E-state index in [1.807, 2.05) is 31.2 Å². The number of fused-ring (bicyclic) bond motifs is 3. The molecule has 0 N–H and O–H groups in total. The van der Waals surface area contributed by atoms with E-state index >= 15 is 0 Å². The number of hydrogen-bond donors (Lipinski definition) is 0. The minimum atomic E-state index is -0.252. The monoisotopic (exact) mass is 386 g/mol. The van der Waals surface area contributed by atoms with E-state index in [-0.39, 0.29) is 11.2 Å². The SMILES string of the molecule is CCSc1nc2sc3c(c2c(=O)n1-c1cccc(C)c1)CC(C)(C)OC3. The maximum Gasteiger partial charge on any atom is 0.267 e. The van der Waals surface area contributed by atoms with E-state index in [2.05, 4.69) is 20.8 Å². The van der Waals surface area contributed by atoms with Crippen molar-refractivity contribution in [3.63, 3.8) is 0 Å². The number of rotatable bonds is 3. The second-order valence-electron chi connectivity index (χ2n) is 7.22. The van der Waals surface area contributed by atoms with Crippen molar-refractivity contribution in [2.75, 3.05) is 5.75 Å². The second-order valence-corrected chi connectivity index (χ2v) is 9.53. The van der Waals surface area contributed by atoms with Crippen LogP contribution in [0.5, 0.6) is 0 Å². The van der Waals surface area contributed by atoms with Gasteiger partial charge in [-0.1, -0.05) is 30.8 Å². The first-order valence-electron chi connectivity index (χ1n) is 8.81. The molecule has 4 nitrogen and oxygen atoms in total. The van der Waals surface area contributed by atoms with Gasteiger partial charge in [0.1, 0.15) is 4.83 Å². The second kappa shape index (κ2) is 6.51. The number of ether oxygens (including phenoxy) is 1. The summed E-state index contributed by atoms with van der Waals surface area (Å²) in [6.07, 6.45) is 0.743. The van der Waals surface area contributed by atoms with Gasteiger partial charge in [-0.2, -0.15) is 0 Å². The first-order chi connectivity index (χ1) is 12.4. The average Bonchev–Trinajstić information content (AvgIpc) is 2.92. The van der Waals surface area contributed by atoms with Gasteiger partial charge in [-0.25, -0.2) is 4.98 Å². The summed E-state index contributed by atoms with van der Waals surface area (Å²) < 4.78 is 7.71. The number of benzene rings is 1. The van der Waals surface area contributed by atoms with Gasteiger partial charge < -0.3 is 4.74 Å². The van der Waals surface area contributed by atoms with Crippen LogP contribution in [0.3, 0.4) is 0 Å². The summed E-state index contributed by atoms with van der Waals surface area (Å²) in [6.45, 7) is 8.83. The molecule has 0 aliphatic carbocycles. The van der Waals surface area contributed by atoms with Crippen LogP contribution in [-0.4, -0.2) is 20.9 Å². The van der Waals surface area contributed by atoms with E-state index in [1.165, 1.54) is 0 Å². The summed E-state index contributed by atoms with van der Waals surface area (Å²) in [6, 6.07) is 8.05. The maximum atomic E-state index is 13.6. The Balaban J connectivity index is 2.03. The molecule has 0 amide bonds. The third-order valence-corrected chi connectivity index (χ3v) is 6.53. The molecule has 0 radical (unpaired) electrons. The van der Waals surface area contributed by atoms with E-state index in [4.69, 9.17) is 9.72 Å². The summed E-state index contributed by atoms with van der Waals surface area (Å²) in [7, 11) is 0. The predicted octanol–water partition coefficient (Wildman–Crippen LogP) is 4.72. The number of nitrogens with zero attached hydrogens (tertiary/aromatic N) is 2. The quantitative estimate of drug-likeness (QED) is 0.483. The number of thiophene rings is 1. The van der Waals surface area contributed by atoms with Gasteiger partial charge >= 0.3 is 0 Å². The van der Waals surface area contributed by atoms with Crippen molar-refractivity contribution in [1.29, 1.82) is 0 Å². The Morgan fingerprint density at radius 1 is 1.38 bits per heavy atom. The lowest BCUT2D eigenvalue weighted by atomic mass is 9.94. The number of thioether (sulfide) groups is 1. The van der Waals surface area contributed by atoms with Crippen LogP contribution in [0.15, 0.2) is 34.2 Å². The molecule has 1 aliphatic heterocycles. The highest BCUT2D eigenvalue weighted by molar-refractivity contribution is 7.99. The smallest absolute Gasteiger partial charge is 0.267 e. The molecule has 136 valence electrons. The highest BCUT2D eigenvalue weighted by Gasteiger charge is 2.31. The molecule has 0 saturated heterocycles. The highest BCUT2D eigenvalue weighted by atomic mass is 32.2. The van der Waals surface area contributed by atoms with Crippen LogP contribution in [0.2, 0.25) is 0 Å². The van der Waals surface area contributed by atoms with Crippen LogP contribution in [-0.2, 0) is 17.8 Å². The van der Waals surface area contributed by atoms with Gasteiger partial charge in [-0.3, -0.25) is 9.36 Å². The first kappa shape index (κ1) is 17.8.